The lowest BCUT2D eigenvalue weighted by Gasteiger charge is -2.34. The van der Waals surface area contributed by atoms with Crippen molar-refractivity contribution >= 4 is 28.2 Å². The van der Waals surface area contributed by atoms with Crippen molar-refractivity contribution in [2.75, 3.05) is 42.9 Å². The number of amides is 1. The number of anilines is 2. The molecule has 1 aliphatic rings. The van der Waals surface area contributed by atoms with Crippen LogP contribution < -0.4 is 10.2 Å². The monoisotopic (exact) mass is 346 g/mol. The quantitative estimate of drug-likeness (QED) is 0.789. The summed E-state index contributed by atoms with van der Waals surface area (Å²) >= 11 is 0. The van der Waals surface area contributed by atoms with E-state index in [-0.39, 0.29) is 5.91 Å². The Bertz CT molecular complexity index is 883. The smallest absolute Gasteiger partial charge is 0.238 e. The molecule has 0 spiro atoms. The molecule has 1 aliphatic heterocycles. The van der Waals surface area contributed by atoms with Crippen molar-refractivity contribution in [2.45, 2.75) is 0 Å². The first-order valence-electron chi connectivity index (χ1n) is 8.95. The lowest BCUT2D eigenvalue weighted by atomic mass is 10.1. The molecule has 5 nitrogen and oxygen atoms in total. The van der Waals surface area contributed by atoms with E-state index in [2.05, 4.69) is 32.2 Å². The first-order chi connectivity index (χ1) is 12.8. The molecule has 0 unspecified atom stereocenters. The fraction of sp³-hybridized carbons (Fsp3) is 0.238. The second-order valence-electron chi connectivity index (χ2n) is 6.53. The normalized spacial score (nSPS) is 15.2. The average Bonchev–Trinajstić information content (AvgIpc) is 2.69. The number of hydrogen-bond donors (Lipinski definition) is 1. The lowest BCUT2D eigenvalue weighted by molar-refractivity contribution is -0.117. The van der Waals surface area contributed by atoms with E-state index in [9.17, 15) is 4.79 Å². The van der Waals surface area contributed by atoms with Crippen molar-refractivity contribution < 1.29 is 4.79 Å². The van der Waals surface area contributed by atoms with E-state index in [4.69, 9.17) is 0 Å². The second-order valence-corrected chi connectivity index (χ2v) is 6.53. The van der Waals surface area contributed by atoms with E-state index in [1.54, 1.807) is 0 Å². The van der Waals surface area contributed by atoms with Crippen molar-refractivity contribution in [3.8, 4) is 0 Å². The molecule has 1 N–H and O–H groups in total. The third-order valence-electron chi connectivity index (χ3n) is 4.78. The summed E-state index contributed by atoms with van der Waals surface area (Å²) in [6.45, 7) is 3.91. The van der Waals surface area contributed by atoms with Crippen molar-refractivity contribution in [2.24, 2.45) is 0 Å². The molecule has 0 bridgehead atoms. The van der Waals surface area contributed by atoms with Gasteiger partial charge < -0.3 is 10.2 Å². The number of fused-ring (bicyclic) bond motifs is 1. The minimum Gasteiger partial charge on any atom is -0.354 e. The Morgan fingerprint density at radius 2 is 1.69 bits per heavy atom. The number of carbonyl (C=O) groups is 1. The highest BCUT2D eigenvalue weighted by Gasteiger charge is 2.19. The summed E-state index contributed by atoms with van der Waals surface area (Å²) in [5, 5.41) is 5.27. The van der Waals surface area contributed by atoms with Crippen LogP contribution in [-0.2, 0) is 4.79 Å². The zero-order chi connectivity index (χ0) is 17.8. The fourth-order valence-electron chi connectivity index (χ4n) is 3.40. The highest BCUT2D eigenvalue weighted by molar-refractivity contribution is 6.02. The van der Waals surface area contributed by atoms with E-state index in [0.717, 1.165) is 48.5 Å². The first-order valence-corrected chi connectivity index (χ1v) is 8.95. The highest BCUT2D eigenvalue weighted by Crippen LogP contribution is 2.23. The number of hydrogen-bond acceptors (Lipinski definition) is 4. The van der Waals surface area contributed by atoms with Crippen LogP contribution in [-0.4, -0.2) is 48.5 Å². The summed E-state index contributed by atoms with van der Waals surface area (Å²) in [6.07, 6.45) is 1.82. The number of benzene rings is 2. The van der Waals surface area contributed by atoms with Crippen molar-refractivity contribution in [1.29, 1.82) is 0 Å². The molecule has 4 rings (SSSR count). The molecule has 0 saturated carbocycles. The van der Waals surface area contributed by atoms with Gasteiger partial charge in [0, 0.05) is 43.4 Å². The molecule has 5 heteroatoms. The van der Waals surface area contributed by atoms with Crippen LogP contribution in [0.2, 0.25) is 0 Å². The molecule has 1 saturated heterocycles. The summed E-state index contributed by atoms with van der Waals surface area (Å²) in [6, 6.07) is 20.1. The largest absolute Gasteiger partial charge is 0.354 e. The van der Waals surface area contributed by atoms with E-state index in [0.29, 0.717) is 6.54 Å². The maximum atomic E-state index is 12.5. The topological polar surface area (TPSA) is 48.5 Å². The third-order valence-corrected chi connectivity index (χ3v) is 4.78. The Morgan fingerprint density at radius 3 is 2.50 bits per heavy atom. The number of rotatable bonds is 4. The van der Waals surface area contributed by atoms with Gasteiger partial charge in [0.15, 0.2) is 0 Å². The van der Waals surface area contributed by atoms with Crippen LogP contribution in [0.5, 0.6) is 0 Å². The number of piperazine rings is 1. The predicted molar refractivity (Wildman–Crippen MR) is 105 cm³/mol. The van der Waals surface area contributed by atoms with Gasteiger partial charge in [0.25, 0.3) is 0 Å². The molecule has 0 atom stereocenters. The molecule has 1 aromatic heterocycles. The number of aromatic nitrogens is 1. The third kappa shape index (κ3) is 3.68. The molecule has 26 heavy (non-hydrogen) atoms. The first kappa shape index (κ1) is 16.5. The van der Waals surface area contributed by atoms with E-state index in [1.165, 1.54) is 0 Å². The number of pyridine rings is 1. The van der Waals surface area contributed by atoms with Crippen LogP contribution >= 0.6 is 0 Å². The summed E-state index contributed by atoms with van der Waals surface area (Å²) in [7, 11) is 0. The van der Waals surface area contributed by atoms with Crippen molar-refractivity contribution in [1.82, 2.24) is 9.88 Å². The van der Waals surface area contributed by atoms with E-state index >= 15 is 0 Å². The fourth-order valence-corrected chi connectivity index (χ4v) is 3.40. The average molecular weight is 346 g/mol. The maximum absolute atomic E-state index is 12.5. The number of nitrogens with zero attached hydrogens (tertiary/aromatic N) is 3. The summed E-state index contributed by atoms with van der Waals surface area (Å²) < 4.78 is 0. The lowest BCUT2D eigenvalue weighted by Crippen LogP contribution is -2.48. The Labute approximate surface area is 153 Å². The molecule has 1 fully saturated rings. The Hall–Kier alpha value is -2.92. The van der Waals surface area contributed by atoms with Crippen LogP contribution in [0.1, 0.15) is 0 Å². The standard InChI is InChI=1S/C21H22N4O/c26-21(23-19-9-5-7-17-6-1-2-8-18(17)19)16-24-12-14-25(15-13-24)20-10-3-4-11-22-20/h1-11H,12-16H2,(H,23,26). The van der Waals surface area contributed by atoms with Gasteiger partial charge in [-0.15, -0.1) is 0 Å². The number of carbonyl (C=O) groups excluding carboxylic acids is 1. The predicted octanol–water partition coefficient (Wildman–Crippen LogP) is 3.00. The Morgan fingerprint density at radius 1 is 0.923 bits per heavy atom. The van der Waals surface area contributed by atoms with E-state index in [1.807, 2.05) is 54.7 Å². The summed E-state index contributed by atoms with van der Waals surface area (Å²) in [5.74, 6) is 1.04. The molecule has 132 valence electrons. The SMILES string of the molecule is O=C(CN1CCN(c2ccccn2)CC1)Nc1cccc2ccccc12. The minimum atomic E-state index is 0.0349. The molecule has 1 amide bonds. The van der Waals surface area contributed by atoms with Gasteiger partial charge in [0.2, 0.25) is 5.91 Å². The molecular formula is C21H22N4O. The van der Waals surface area contributed by atoms with E-state index < -0.39 is 0 Å². The summed E-state index contributed by atoms with van der Waals surface area (Å²) in [4.78, 5) is 21.4. The zero-order valence-corrected chi connectivity index (χ0v) is 14.6. The van der Waals surface area contributed by atoms with Gasteiger partial charge in [0.05, 0.1) is 6.54 Å². The van der Waals surface area contributed by atoms with Crippen LogP contribution in [0.4, 0.5) is 11.5 Å². The number of nitrogens with one attached hydrogen (secondary N) is 1. The zero-order valence-electron chi connectivity index (χ0n) is 14.6. The highest BCUT2D eigenvalue weighted by atomic mass is 16.2. The maximum Gasteiger partial charge on any atom is 0.238 e. The van der Waals surface area contributed by atoms with Gasteiger partial charge in [-0.05, 0) is 23.6 Å². The molecular weight excluding hydrogens is 324 g/mol. The van der Waals surface area contributed by atoms with Crippen molar-refractivity contribution in [3.05, 3.63) is 66.9 Å². The van der Waals surface area contributed by atoms with Gasteiger partial charge in [-0.1, -0.05) is 42.5 Å². The molecule has 3 aromatic rings. The summed E-state index contributed by atoms with van der Waals surface area (Å²) in [5.41, 5.74) is 0.875. The van der Waals surface area contributed by atoms with Gasteiger partial charge in [-0.25, -0.2) is 4.98 Å². The molecule has 0 radical (unpaired) electrons. The Balaban J connectivity index is 1.34. The van der Waals surface area contributed by atoms with Gasteiger partial charge >= 0.3 is 0 Å². The van der Waals surface area contributed by atoms with Crippen LogP contribution in [0.3, 0.4) is 0 Å². The second kappa shape index (κ2) is 7.54. The van der Waals surface area contributed by atoms with Crippen molar-refractivity contribution in [3.63, 3.8) is 0 Å². The van der Waals surface area contributed by atoms with Crippen LogP contribution in [0.15, 0.2) is 66.9 Å². The molecule has 2 aromatic carbocycles. The van der Waals surface area contributed by atoms with Crippen LogP contribution in [0, 0.1) is 0 Å². The molecule has 2 heterocycles. The minimum absolute atomic E-state index is 0.0349. The van der Waals surface area contributed by atoms with Gasteiger partial charge in [-0.3, -0.25) is 9.69 Å². The Kier molecular flexibility index (Phi) is 4.80. The van der Waals surface area contributed by atoms with Crippen LogP contribution in [0.25, 0.3) is 10.8 Å². The van der Waals surface area contributed by atoms with Gasteiger partial charge in [0.1, 0.15) is 5.82 Å². The molecule has 0 aliphatic carbocycles. The van der Waals surface area contributed by atoms with Gasteiger partial charge in [-0.2, -0.15) is 0 Å².